The van der Waals surface area contributed by atoms with Crippen molar-refractivity contribution in [2.75, 3.05) is 20.7 Å². The molecule has 2 N–H and O–H groups in total. The van der Waals surface area contributed by atoms with Crippen LogP contribution in [-0.2, 0) is 14.8 Å². The van der Waals surface area contributed by atoms with Crippen molar-refractivity contribution in [3.63, 3.8) is 0 Å². The van der Waals surface area contributed by atoms with E-state index in [0.29, 0.717) is 18.0 Å². The number of carbonyl (C=O) groups excluding carboxylic acids is 1. The first-order valence-corrected chi connectivity index (χ1v) is 10.0. The Hall–Kier alpha value is -1.86. The van der Waals surface area contributed by atoms with E-state index in [-0.39, 0.29) is 16.6 Å². The molecule has 7 heteroatoms. The van der Waals surface area contributed by atoms with Gasteiger partial charge in [-0.25, -0.2) is 13.1 Å². The zero-order chi connectivity index (χ0) is 18.3. The molecule has 0 heterocycles. The number of hydrogen-bond donors (Lipinski definition) is 2. The van der Waals surface area contributed by atoms with Gasteiger partial charge in [-0.1, -0.05) is 25.3 Å². The first-order chi connectivity index (χ1) is 12.0. The van der Waals surface area contributed by atoms with Gasteiger partial charge in [-0.3, -0.25) is 4.79 Å². The number of carbonyl (C=O) groups is 1. The first-order valence-electron chi connectivity index (χ1n) is 8.54. The van der Waals surface area contributed by atoms with Gasteiger partial charge >= 0.3 is 0 Å². The molecule has 0 aliphatic heterocycles. The van der Waals surface area contributed by atoms with Crippen molar-refractivity contribution in [2.45, 2.75) is 37.0 Å². The standard InChI is InChI=1S/C18H26N2O4S/c1-19-25(22,23)17-12-14(8-10-16(17)24-2)9-11-18(21)20-13-15-6-4-3-5-7-15/h8-12,15,19H,3-7,13H2,1-2H3,(H,20,21)/b11-9+. The number of amides is 1. The Morgan fingerprint density at radius 2 is 2.00 bits per heavy atom. The molecule has 1 amide bonds. The molecule has 25 heavy (non-hydrogen) atoms. The summed E-state index contributed by atoms with van der Waals surface area (Å²) >= 11 is 0. The van der Waals surface area contributed by atoms with E-state index in [1.807, 2.05) is 0 Å². The molecule has 1 aliphatic carbocycles. The van der Waals surface area contributed by atoms with Gasteiger partial charge in [-0.15, -0.1) is 0 Å². The van der Waals surface area contributed by atoms with Gasteiger partial charge in [-0.05, 0) is 49.6 Å². The molecule has 2 rings (SSSR count). The summed E-state index contributed by atoms with van der Waals surface area (Å²) in [6.07, 6.45) is 9.15. The predicted molar refractivity (Wildman–Crippen MR) is 97.9 cm³/mol. The van der Waals surface area contributed by atoms with Crippen molar-refractivity contribution in [2.24, 2.45) is 5.92 Å². The van der Waals surface area contributed by atoms with E-state index in [1.54, 1.807) is 18.2 Å². The van der Waals surface area contributed by atoms with Gasteiger partial charge in [0.25, 0.3) is 0 Å². The molecule has 1 aromatic carbocycles. The number of methoxy groups -OCH3 is 1. The summed E-state index contributed by atoms with van der Waals surface area (Å²) in [7, 11) is -0.878. The highest BCUT2D eigenvalue weighted by Crippen LogP contribution is 2.25. The van der Waals surface area contributed by atoms with Crippen LogP contribution in [0.15, 0.2) is 29.2 Å². The summed E-state index contributed by atoms with van der Waals surface area (Å²) in [5.74, 6) is 0.659. The fourth-order valence-electron chi connectivity index (χ4n) is 2.98. The molecule has 0 unspecified atom stereocenters. The second-order valence-electron chi connectivity index (χ2n) is 6.20. The molecule has 0 aromatic heterocycles. The molecule has 1 fully saturated rings. The average Bonchev–Trinajstić information content (AvgIpc) is 2.65. The lowest BCUT2D eigenvalue weighted by molar-refractivity contribution is -0.116. The highest BCUT2D eigenvalue weighted by molar-refractivity contribution is 7.89. The summed E-state index contributed by atoms with van der Waals surface area (Å²) in [6.45, 7) is 0.700. The van der Waals surface area contributed by atoms with E-state index in [9.17, 15) is 13.2 Å². The van der Waals surface area contributed by atoms with Gasteiger partial charge < -0.3 is 10.1 Å². The van der Waals surface area contributed by atoms with Crippen molar-refractivity contribution in [1.82, 2.24) is 10.0 Å². The third-order valence-electron chi connectivity index (χ3n) is 4.46. The van der Waals surface area contributed by atoms with Crippen LogP contribution in [0.3, 0.4) is 0 Å². The zero-order valence-corrected chi connectivity index (χ0v) is 15.6. The minimum absolute atomic E-state index is 0.0438. The maximum absolute atomic E-state index is 12.1. The van der Waals surface area contributed by atoms with Crippen LogP contribution in [0.5, 0.6) is 5.75 Å². The number of hydrogen-bond acceptors (Lipinski definition) is 4. The minimum atomic E-state index is -3.64. The van der Waals surface area contributed by atoms with Crippen LogP contribution < -0.4 is 14.8 Å². The normalized spacial score (nSPS) is 16.1. The Balaban J connectivity index is 2.02. The van der Waals surface area contributed by atoms with Gasteiger partial charge in [0.1, 0.15) is 10.6 Å². The van der Waals surface area contributed by atoms with Crippen LogP contribution in [-0.4, -0.2) is 35.0 Å². The van der Waals surface area contributed by atoms with E-state index in [4.69, 9.17) is 4.74 Å². The molecule has 0 spiro atoms. The van der Waals surface area contributed by atoms with Crippen LogP contribution in [0.25, 0.3) is 6.08 Å². The number of nitrogens with one attached hydrogen (secondary N) is 2. The van der Waals surface area contributed by atoms with Crippen molar-refractivity contribution in [3.8, 4) is 5.75 Å². The van der Waals surface area contributed by atoms with E-state index in [0.717, 1.165) is 0 Å². The maximum Gasteiger partial charge on any atom is 0.244 e. The van der Waals surface area contributed by atoms with Crippen molar-refractivity contribution < 1.29 is 17.9 Å². The van der Waals surface area contributed by atoms with Crippen molar-refractivity contribution in [1.29, 1.82) is 0 Å². The quantitative estimate of drug-likeness (QED) is 0.725. The van der Waals surface area contributed by atoms with Gasteiger partial charge in [0.15, 0.2) is 0 Å². The maximum atomic E-state index is 12.1. The molecule has 1 saturated carbocycles. The molecule has 0 radical (unpaired) electrons. The Labute approximate surface area is 149 Å². The van der Waals surface area contributed by atoms with E-state index in [2.05, 4.69) is 10.0 Å². The molecule has 138 valence electrons. The van der Waals surface area contributed by atoms with Gasteiger partial charge in [0, 0.05) is 12.6 Å². The predicted octanol–water partition coefficient (Wildman–Crippen LogP) is 2.31. The Bertz CT molecular complexity index is 723. The van der Waals surface area contributed by atoms with Gasteiger partial charge in [0.05, 0.1) is 7.11 Å². The lowest BCUT2D eigenvalue weighted by Crippen LogP contribution is -2.28. The number of sulfonamides is 1. The van der Waals surface area contributed by atoms with Gasteiger partial charge in [-0.2, -0.15) is 0 Å². The molecule has 1 aliphatic rings. The fourth-order valence-corrected chi connectivity index (χ4v) is 3.91. The van der Waals surface area contributed by atoms with Crippen molar-refractivity contribution in [3.05, 3.63) is 29.8 Å². The first kappa shape index (κ1) is 19.5. The largest absolute Gasteiger partial charge is 0.495 e. The number of rotatable bonds is 7. The van der Waals surface area contributed by atoms with Crippen molar-refractivity contribution >= 4 is 22.0 Å². The Morgan fingerprint density at radius 3 is 2.64 bits per heavy atom. The zero-order valence-electron chi connectivity index (χ0n) is 14.7. The van der Waals surface area contributed by atoms with Crippen LogP contribution in [0, 0.1) is 5.92 Å². The summed E-state index contributed by atoms with van der Waals surface area (Å²) in [5, 5.41) is 2.92. The highest BCUT2D eigenvalue weighted by Gasteiger charge is 2.18. The summed E-state index contributed by atoms with van der Waals surface area (Å²) in [4.78, 5) is 12.0. The lowest BCUT2D eigenvalue weighted by atomic mass is 9.89. The fraction of sp³-hybridized carbons (Fsp3) is 0.500. The third kappa shape index (κ3) is 5.57. The highest BCUT2D eigenvalue weighted by atomic mass is 32.2. The summed E-state index contributed by atoms with van der Waals surface area (Å²) < 4.78 is 31.5. The summed E-state index contributed by atoms with van der Waals surface area (Å²) in [6, 6.07) is 4.76. The van der Waals surface area contributed by atoms with E-state index >= 15 is 0 Å². The van der Waals surface area contributed by atoms with Crippen LogP contribution in [0.4, 0.5) is 0 Å². The molecule has 0 bridgehead atoms. The van der Waals surface area contributed by atoms with Crippen LogP contribution in [0.2, 0.25) is 0 Å². The second-order valence-corrected chi connectivity index (χ2v) is 8.06. The smallest absolute Gasteiger partial charge is 0.244 e. The van der Waals surface area contributed by atoms with Crippen LogP contribution >= 0.6 is 0 Å². The molecule has 6 nitrogen and oxygen atoms in total. The average molecular weight is 366 g/mol. The van der Waals surface area contributed by atoms with E-state index < -0.39 is 10.0 Å². The van der Waals surface area contributed by atoms with Crippen LogP contribution in [0.1, 0.15) is 37.7 Å². The Morgan fingerprint density at radius 1 is 1.28 bits per heavy atom. The molecular formula is C18H26N2O4S. The monoisotopic (exact) mass is 366 g/mol. The topological polar surface area (TPSA) is 84.5 Å². The lowest BCUT2D eigenvalue weighted by Gasteiger charge is -2.21. The number of ether oxygens (including phenoxy) is 1. The number of benzene rings is 1. The summed E-state index contributed by atoms with van der Waals surface area (Å²) in [5.41, 5.74) is 0.613. The molecule has 0 saturated heterocycles. The van der Waals surface area contributed by atoms with E-state index in [1.165, 1.54) is 58.4 Å². The minimum Gasteiger partial charge on any atom is -0.495 e. The molecular weight excluding hydrogens is 340 g/mol. The molecule has 1 aromatic rings. The second kappa shape index (κ2) is 9.01. The van der Waals surface area contributed by atoms with Gasteiger partial charge in [0.2, 0.25) is 15.9 Å². The Kier molecular flexibility index (Phi) is 7.01. The molecule has 0 atom stereocenters. The third-order valence-corrected chi connectivity index (χ3v) is 5.90. The SMILES string of the molecule is CNS(=O)(=O)c1cc(/C=C/C(=O)NCC2CCCCC2)ccc1OC.